The fourth-order valence-corrected chi connectivity index (χ4v) is 5.54. The Kier molecular flexibility index (Phi) is 3.24. The molecular formula is C13H16O3Se. The Morgan fingerprint density at radius 3 is 2.82 bits per heavy atom. The Hall–Kier alpha value is -0.381. The van der Waals surface area contributed by atoms with Crippen molar-refractivity contribution in [2.75, 3.05) is 7.11 Å². The fraction of sp³-hybridized carbons (Fsp3) is 0.538. The molecular weight excluding hydrogens is 283 g/mol. The van der Waals surface area contributed by atoms with Crippen molar-refractivity contribution in [2.24, 2.45) is 0 Å². The number of methoxy groups -OCH3 is 1. The Bertz CT molecular complexity index is 384. The topological polar surface area (TPSA) is 38.7 Å². The third kappa shape index (κ3) is 2.05. The molecule has 92 valence electrons. The molecule has 2 aliphatic heterocycles. The van der Waals surface area contributed by atoms with Crippen molar-refractivity contribution < 1.29 is 14.6 Å². The van der Waals surface area contributed by atoms with Gasteiger partial charge in [0.25, 0.3) is 0 Å². The van der Waals surface area contributed by atoms with Crippen molar-refractivity contribution >= 4 is 19.4 Å². The van der Waals surface area contributed by atoms with Gasteiger partial charge in [0.15, 0.2) is 0 Å². The van der Waals surface area contributed by atoms with E-state index in [9.17, 15) is 5.11 Å². The number of rotatable bonds is 3. The van der Waals surface area contributed by atoms with E-state index in [0.717, 1.165) is 6.42 Å². The first-order valence-electron chi connectivity index (χ1n) is 5.87. The van der Waals surface area contributed by atoms with Gasteiger partial charge >= 0.3 is 107 Å². The molecule has 0 amide bonds. The maximum atomic E-state index is 9.81. The van der Waals surface area contributed by atoms with Crippen molar-refractivity contribution in [1.29, 1.82) is 0 Å². The normalized spacial score (nSPS) is 39.8. The van der Waals surface area contributed by atoms with E-state index >= 15 is 0 Å². The molecule has 0 saturated carbocycles. The first-order valence-corrected chi connectivity index (χ1v) is 7.72. The van der Waals surface area contributed by atoms with Gasteiger partial charge in [0.2, 0.25) is 0 Å². The predicted octanol–water partition coefficient (Wildman–Crippen LogP) is 0.352. The van der Waals surface area contributed by atoms with Crippen LogP contribution in [0.2, 0.25) is 4.82 Å². The van der Waals surface area contributed by atoms with Crippen molar-refractivity contribution in [2.45, 2.75) is 35.7 Å². The van der Waals surface area contributed by atoms with E-state index in [2.05, 4.69) is 24.3 Å². The fourth-order valence-electron chi connectivity index (χ4n) is 2.69. The van der Waals surface area contributed by atoms with Gasteiger partial charge in [-0.25, -0.2) is 0 Å². The van der Waals surface area contributed by atoms with Crippen LogP contribution in [0.5, 0.6) is 0 Å². The summed E-state index contributed by atoms with van der Waals surface area (Å²) in [5, 5.41) is 9.81. The van der Waals surface area contributed by atoms with E-state index in [1.807, 2.05) is 6.07 Å². The zero-order chi connectivity index (χ0) is 11.8. The van der Waals surface area contributed by atoms with Gasteiger partial charge in [-0.05, 0) is 0 Å². The van der Waals surface area contributed by atoms with E-state index in [1.165, 1.54) is 4.46 Å². The van der Waals surface area contributed by atoms with Crippen LogP contribution in [0.4, 0.5) is 0 Å². The SMILES string of the molecule is CO[C@@H]1[C@H]2O[C@H](C[C@H]2O)[C@H]1[Se]c1ccccc1. The minimum absolute atomic E-state index is 0.0592. The molecule has 0 unspecified atom stereocenters. The van der Waals surface area contributed by atoms with E-state index < -0.39 is 0 Å². The molecule has 3 nitrogen and oxygen atoms in total. The van der Waals surface area contributed by atoms with Crippen LogP contribution in [0.1, 0.15) is 6.42 Å². The molecule has 0 aromatic heterocycles. The summed E-state index contributed by atoms with van der Waals surface area (Å²) in [6, 6.07) is 10.5. The Morgan fingerprint density at radius 1 is 1.35 bits per heavy atom. The number of ether oxygens (including phenoxy) is 2. The zero-order valence-corrected chi connectivity index (χ0v) is 11.4. The molecule has 2 fully saturated rings. The summed E-state index contributed by atoms with van der Waals surface area (Å²) in [6.07, 6.45) is 0.557. The van der Waals surface area contributed by atoms with Crippen molar-refractivity contribution in [3.63, 3.8) is 0 Å². The molecule has 2 bridgehead atoms. The van der Waals surface area contributed by atoms with Crippen molar-refractivity contribution in [1.82, 2.24) is 0 Å². The van der Waals surface area contributed by atoms with Crippen LogP contribution in [-0.2, 0) is 9.47 Å². The van der Waals surface area contributed by atoms with Crippen molar-refractivity contribution in [3.05, 3.63) is 30.3 Å². The molecule has 1 aromatic rings. The molecule has 3 rings (SSSR count). The number of hydrogen-bond acceptors (Lipinski definition) is 3. The molecule has 0 aliphatic carbocycles. The van der Waals surface area contributed by atoms with Crippen LogP contribution < -0.4 is 4.46 Å². The molecule has 2 aliphatic rings. The standard InChI is InChI=1S/C13H16O3Se/c1-15-12-11-9(14)7-10(16-11)13(12)17-8-5-3-2-4-6-8/h2-6,9-14H,7H2,1H3/t9-,10-,11+,12-,13-/m1/s1. The summed E-state index contributed by atoms with van der Waals surface area (Å²) in [5.41, 5.74) is 0. The van der Waals surface area contributed by atoms with E-state index in [0.29, 0.717) is 19.8 Å². The van der Waals surface area contributed by atoms with Crippen LogP contribution >= 0.6 is 0 Å². The van der Waals surface area contributed by atoms with Crippen LogP contribution in [0.3, 0.4) is 0 Å². The first kappa shape index (κ1) is 11.7. The predicted molar refractivity (Wildman–Crippen MR) is 65.7 cm³/mol. The molecule has 2 heterocycles. The molecule has 1 N–H and O–H groups in total. The molecule has 0 spiro atoms. The molecule has 1 aromatic carbocycles. The summed E-state index contributed by atoms with van der Waals surface area (Å²) in [7, 11) is 1.72. The summed E-state index contributed by atoms with van der Waals surface area (Å²) in [4.78, 5) is 0.434. The van der Waals surface area contributed by atoms with Crippen LogP contribution in [-0.4, -0.2) is 51.6 Å². The molecule has 17 heavy (non-hydrogen) atoms. The number of fused-ring (bicyclic) bond motifs is 2. The third-order valence-electron chi connectivity index (χ3n) is 3.49. The van der Waals surface area contributed by atoms with Crippen LogP contribution in [0, 0.1) is 0 Å². The average molecular weight is 299 g/mol. The van der Waals surface area contributed by atoms with Gasteiger partial charge in [0, 0.05) is 0 Å². The Labute approximate surface area is 107 Å². The summed E-state index contributed by atoms with van der Waals surface area (Å²) in [6.45, 7) is 0. The van der Waals surface area contributed by atoms with Gasteiger partial charge in [0.1, 0.15) is 0 Å². The molecule has 4 heteroatoms. The van der Waals surface area contributed by atoms with Gasteiger partial charge in [-0.15, -0.1) is 0 Å². The number of aliphatic hydroxyl groups is 1. The van der Waals surface area contributed by atoms with Crippen molar-refractivity contribution in [3.8, 4) is 0 Å². The average Bonchev–Trinajstić information content (AvgIpc) is 2.87. The minimum atomic E-state index is -0.340. The van der Waals surface area contributed by atoms with E-state index in [4.69, 9.17) is 9.47 Å². The van der Waals surface area contributed by atoms with Crippen LogP contribution in [0.25, 0.3) is 0 Å². The van der Waals surface area contributed by atoms with Crippen LogP contribution in [0.15, 0.2) is 30.3 Å². The van der Waals surface area contributed by atoms with Gasteiger partial charge in [0.05, 0.1) is 0 Å². The summed E-state index contributed by atoms with van der Waals surface area (Å²) in [5.74, 6) is 0. The second-order valence-corrected chi connectivity index (χ2v) is 7.16. The Morgan fingerprint density at radius 2 is 2.12 bits per heavy atom. The van der Waals surface area contributed by atoms with Gasteiger partial charge in [-0.1, -0.05) is 0 Å². The first-order chi connectivity index (χ1) is 8.29. The Balaban J connectivity index is 1.76. The van der Waals surface area contributed by atoms with E-state index in [1.54, 1.807) is 7.11 Å². The van der Waals surface area contributed by atoms with Gasteiger partial charge in [-0.2, -0.15) is 0 Å². The second-order valence-electron chi connectivity index (χ2n) is 4.54. The zero-order valence-electron chi connectivity index (χ0n) is 9.65. The summed E-state index contributed by atoms with van der Waals surface area (Å²) >= 11 is 0.349. The molecule has 0 radical (unpaired) electrons. The third-order valence-corrected chi connectivity index (χ3v) is 6.40. The maximum absolute atomic E-state index is 9.81. The quantitative estimate of drug-likeness (QED) is 0.819. The number of hydrogen-bond donors (Lipinski definition) is 1. The second kappa shape index (κ2) is 4.71. The van der Waals surface area contributed by atoms with Gasteiger partial charge in [-0.3, -0.25) is 0 Å². The monoisotopic (exact) mass is 300 g/mol. The van der Waals surface area contributed by atoms with Gasteiger partial charge < -0.3 is 0 Å². The molecule has 5 atom stereocenters. The number of benzene rings is 1. The number of aliphatic hydroxyl groups excluding tert-OH is 1. The van der Waals surface area contributed by atoms with E-state index in [-0.39, 0.29) is 24.4 Å². The molecule has 2 saturated heterocycles. The summed E-state index contributed by atoms with van der Waals surface area (Å²) < 4.78 is 12.7.